The first-order valence-corrected chi connectivity index (χ1v) is 6.64. The van der Waals surface area contributed by atoms with E-state index in [-0.39, 0.29) is 17.5 Å². The zero-order valence-corrected chi connectivity index (χ0v) is 12.2. The van der Waals surface area contributed by atoms with Gasteiger partial charge < -0.3 is 11.1 Å². The highest BCUT2D eigenvalue weighted by molar-refractivity contribution is 9.10. The minimum atomic E-state index is -0.559. The van der Waals surface area contributed by atoms with Crippen molar-refractivity contribution in [2.75, 3.05) is 11.1 Å². The van der Waals surface area contributed by atoms with Crippen molar-refractivity contribution in [3.05, 3.63) is 44.5 Å². The number of aryl methyl sites for hydroxylation is 1. The number of hydrogen-bond donors (Lipinski definition) is 2. The molecule has 0 fully saturated rings. The van der Waals surface area contributed by atoms with Crippen molar-refractivity contribution >= 4 is 39.1 Å². The van der Waals surface area contributed by atoms with Crippen molar-refractivity contribution in [1.82, 2.24) is 9.97 Å². The van der Waals surface area contributed by atoms with E-state index in [1.54, 1.807) is 6.92 Å². The Morgan fingerprint density at radius 2 is 2.10 bits per heavy atom. The molecular weight excluding hydrogens is 326 g/mol. The molecule has 2 rings (SSSR count). The molecule has 0 bridgehead atoms. The molecule has 0 atom stereocenters. The summed E-state index contributed by atoms with van der Waals surface area (Å²) in [7, 11) is 0. The minimum absolute atomic E-state index is 0.142. The molecule has 7 nitrogen and oxygen atoms in total. The summed E-state index contributed by atoms with van der Waals surface area (Å²) in [6.45, 7) is 1.77. The van der Waals surface area contributed by atoms with Gasteiger partial charge in [0.25, 0.3) is 0 Å². The summed E-state index contributed by atoms with van der Waals surface area (Å²) in [6, 6.07) is 7.41. The topological polar surface area (TPSA) is 107 Å². The molecule has 0 aliphatic carbocycles. The second-order valence-corrected chi connectivity index (χ2v) is 4.80. The second kappa shape index (κ2) is 5.83. The lowest BCUT2D eigenvalue weighted by Gasteiger charge is -2.09. The van der Waals surface area contributed by atoms with Crippen LogP contribution in [0.3, 0.4) is 0 Å². The van der Waals surface area contributed by atoms with Gasteiger partial charge >= 0.3 is 5.69 Å². The van der Waals surface area contributed by atoms with Crippen LogP contribution in [0, 0.1) is 10.1 Å². The van der Waals surface area contributed by atoms with Crippen molar-refractivity contribution < 1.29 is 4.92 Å². The van der Waals surface area contributed by atoms with Crippen LogP contribution in [0.2, 0.25) is 0 Å². The molecular formula is C12H12BrN5O2. The van der Waals surface area contributed by atoms with Gasteiger partial charge in [0.1, 0.15) is 5.69 Å². The van der Waals surface area contributed by atoms with Crippen LogP contribution in [0.15, 0.2) is 28.7 Å². The van der Waals surface area contributed by atoms with Crippen LogP contribution in [0.5, 0.6) is 0 Å². The quantitative estimate of drug-likeness (QED) is 0.655. The van der Waals surface area contributed by atoms with Gasteiger partial charge in [0.2, 0.25) is 11.8 Å². The maximum Gasteiger partial charge on any atom is 0.332 e. The van der Waals surface area contributed by atoms with E-state index in [4.69, 9.17) is 5.73 Å². The zero-order chi connectivity index (χ0) is 14.7. The van der Waals surface area contributed by atoms with Crippen LogP contribution < -0.4 is 11.1 Å². The van der Waals surface area contributed by atoms with Crippen molar-refractivity contribution in [3.63, 3.8) is 0 Å². The van der Waals surface area contributed by atoms with Crippen LogP contribution in [0.25, 0.3) is 0 Å². The van der Waals surface area contributed by atoms with E-state index in [0.29, 0.717) is 12.1 Å². The number of para-hydroxylation sites is 1. The van der Waals surface area contributed by atoms with E-state index in [1.807, 2.05) is 24.3 Å². The van der Waals surface area contributed by atoms with Gasteiger partial charge in [-0.15, -0.1) is 0 Å². The molecule has 0 unspecified atom stereocenters. The van der Waals surface area contributed by atoms with Crippen LogP contribution in [0.1, 0.15) is 12.6 Å². The standard InChI is InChI=1S/C12H12BrN5O2/c1-2-8-10(18(19)20)11(14)17-12(15-8)16-9-6-4-3-5-7(9)13/h3-6H,2H2,1H3,(H3,14,15,16,17). The first kappa shape index (κ1) is 14.2. The lowest BCUT2D eigenvalue weighted by molar-refractivity contribution is -0.385. The Hall–Kier alpha value is -2.22. The predicted octanol–water partition coefficient (Wildman–Crippen LogP) is 3.04. The van der Waals surface area contributed by atoms with E-state index < -0.39 is 4.92 Å². The summed E-state index contributed by atoms with van der Waals surface area (Å²) in [4.78, 5) is 18.5. The summed E-state index contributed by atoms with van der Waals surface area (Å²) in [5.41, 5.74) is 6.47. The van der Waals surface area contributed by atoms with Crippen molar-refractivity contribution in [2.45, 2.75) is 13.3 Å². The number of nitrogens with two attached hydrogens (primary N) is 1. The van der Waals surface area contributed by atoms with Gasteiger partial charge in [-0.25, -0.2) is 4.98 Å². The van der Waals surface area contributed by atoms with Gasteiger partial charge in [-0.05, 0) is 34.5 Å². The highest BCUT2D eigenvalue weighted by Crippen LogP contribution is 2.28. The molecule has 2 aromatic rings. The molecule has 8 heteroatoms. The third-order valence-corrected chi connectivity index (χ3v) is 3.31. The number of anilines is 3. The first-order chi connectivity index (χ1) is 9.52. The first-order valence-electron chi connectivity index (χ1n) is 5.85. The highest BCUT2D eigenvalue weighted by atomic mass is 79.9. The molecule has 0 aliphatic rings. The Labute approximate surface area is 123 Å². The number of aromatic nitrogens is 2. The van der Waals surface area contributed by atoms with E-state index in [1.165, 1.54) is 0 Å². The Balaban J connectivity index is 2.42. The summed E-state index contributed by atoms with van der Waals surface area (Å²) < 4.78 is 0.832. The van der Waals surface area contributed by atoms with Gasteiger partial charge in [0, 0.05) is 4.47 Å². The molecule has 0 spiro atoms. The van der Waals surface area contributed by atoms with Gasteiger partial charge in [0.05, 0.1) is 10.6 Å². The fourth-order valence-corrected chi connectivity index (χ4v) is 2.09. The molecule has 0 saturated carbocycles. The van der Waals surface area contributed by atoms with Gasteiger partial charge in [-0.2, -0.15) is 4.98 Å². The van der Waals surface area contributed by atoms with E-state index in [2.05, 4.69) is 31.2 Å². The number of nitro groups is 1. The second-order valence-electron chi connectivity index (χ2n) is 3.94. The van der Waals surface area contributed by atoms with Crippen LogP contribution in [0.4, 0.5) is 23.1 Å². The Kier molecular flexibility index (Phi) is 4.14. The average molecular weight is 338 g/mol. The molecule has 0 aliphatic heterocycles. The summed E-state index contributed by atoms with van der Waals surface area (Å²) in [5.74, 6) is 0.0910. The number of rotatable bonds is 4. The third kappa shape index (κ3) is 2.85. The minimum Gasteiger partial charge on any atom is -0.378 e. The highest BCUT2D eigenvalue weighted by Gasteiger charge is 2.21. The summed E-state index contributed by atoms with van der Waals surface area (Å²) in [6.07, 6.45) is 0.397. The Bertz CT molecular complexity index is 662. The van der Waals surface area contributed by atoms with E-state index in [0.717, 1.165) is 10.2 Å². The number of nitrogens with zero attached hydrogens (tertiary/aromatic N) is 3. The fraction of sp³-hybridized carbons (Fsp3) is 0.167. The Morgan fingerprint density at radius 3 is 2.70 bits per heavy atom. The fourth-order valence-electron chi connectivity index (χ4n) is 1.71. The number of hydrogen-bond acceptors (Lipinski definition) is 6. The molecule has 0 amide bonds. The van der Waals surface area contributed by atoms with E-state index in [9.17, 15) is 10.1 Å². The van der Waals surface area contributed by atoms with Gasteiger partial charge in [-0.1, -0.05) is 19.1 Å². The zero-order valence-electron chi connectivity index (χ0n) is 10.6. The maximum atomic E-state index is 10.9. The van der Waals surface area contributed by atoms with Crippen molar-refractivity contribution in [2.24, 2.45) is 0 Å². The lowest BCUT2D eigenvalue weighted by Crippen LogP contribution is -2.08. The lowest BCUT2D eigenvalue weighted by atomic mass is 10.2. The molecule has 104 valence electrons. The smallest absolute Gasteiger partial charge is 0.332 e. The number of halogens is 1. The number of nitrogens with one attached hydrogen (secondary N) is 1. The summed E-state index contributed by atoms with van der Waals surface area (Å²) >= 11 is 3.39. The van der Waals surface area contributed by atoms with Crippen molar-refractivity contribution in [1.29, 1.82) is 0 Å². The van der Waals surface area contributed by atoms with Crippen molar-refractivity contribution in [3.8, 4) is 0 Å². The largest absolute Gasteiger partial charge is 0.378 e. The SMILES string of the molecule is CCc1nc(Nc2ccccc2Br)nc(N)c1[N+](=O)[O-]. The molecule has 3 N–H and O–H groups in total. The normalized spacial score (nSPS) is 10.3. The molecule has 1 heterocycles. The summed E-state index contributed by atoms with van der Waals surface area (Å²) in [5, 5.41) is 13.9. The monoisotopic (exact) mass is 337 g/mol. The van der Waals surface area contributed by atoms with Gasteiger partial charge in [0.15, 0.2) is 0 Å². The Morgan fingerprint density at radius 1 is 1.40 bits per heavy atom. The molecule has 20 heavy (non-hydrogen) atoms. The molecule has 1 aromatic heterocycles. The molecule has 0 saturated heterocycles. The average Bonchev–Trinajstić information content (AvgIpc) is 2.40. The molecule has 0 radical (unpaired) electrons. The predicted molar refractivity (Wildman–Crippen MR) is 79.9 cm³/mol. The van der Waals surface area contributed by atoms with Crippen LogP contribution in [-0.4, -0.2) is 14.9 Å². The molecule has 1 aromatic carbocycles. The number of benzene rings is 1. The van der Waals surface area contributed by atoms with Crippen LogP contribution in [-0.2, 0) is 6.42 Å². The maximum absolute atomic E-state index is 10.9. The van der Waals surface area contributed by atoms with Crippen LogP contribution >= 0.6 is 15.9 Å². The van der Waals surface area contributed by atoms with Gasteiger partial charge in [-0.3, -0.25) is 10.1 Å². The third-order valence-electron chi connectivity index (χ3n) is 2.62. The number of nitrogen functional groups attached to an aromatic ring is 1. The van der Waals surface area contributed by atoms with E-state index >= 15 is 0 Å².